The Bertz CT molecular complexity index is 1260. The summed E-state index contributed by atoms with van der Waals surface area (Å²) in [6.45, 7) is 6.54. The van der Waals surface area contributed by atoms with Crippen LogP contribution in [-0.4, -0.2) is 71.1 Å². The molecule has 1 aliphatic rings. The van der Waals surface area contributed by atoms with E-state index in [2.05, 4.69) is 25.7 Å². The van der Waals surface area contributed by atoms with E-state index < -0.39 is 11.8 Å². The van der Waals surface area contributed by atoms with E-state index in [9.17, 15) is 14.7 Å². The molecule has 0 radical (unpaired) electrons. The van der Waals surface area contributed by atoms with E-state index in [-0.39, 0.29) is 23.9 Å². The number of hydrogen-bond acceptors (Lipinski definition) is 9. The molecule has 1 fully saturated rings. The van der Waals surface area contributed by atoms with Gasteiger partial charge in [-0.05, 0) is 60.9 Å². The largest absolute Gasteiger partial charge is 0.394 e. The average Bonchev–Trinajstić information content (AvgIpc) is 2.90. The monoisotopic (exact) mass is 491 g/mol. The normalized spacial score (nSPS) is 14.2. The van der Waals surface area contributed by atoms with E-state index in [0.29, 0.717) is 24.7 Å². The molecule has 0 bridgehead atoms. The van der Waals surface area contributed by atoms with Gasteiger partial charge in [0.1, 0.15) is 11.6 Å². The highest BCUT2D eigenvalue weighted by atomic mass is 16.5. The fourth-order valence-electron chi connectivity index (χ4n) is 3.82. The number of nitrogens with zero attached hydrogens (tertiary/aromatic N) is 4. The minimum absolute atomic E-state index is 0.0172. The molecule has 11 heteroatoms. The molecule has 2 amide bonds. The Morgan fingerprint density at radius 3 is 2.69 bits per heavy atom. The smallest absolute Gasteiger partial charge is 0.276 e. The summed E-state index contributed by atoms with van der Waals surface area (Å²) in [5.41, 5.74) is 8.73. The molecule has 188 valence electrons. The fraction of sp³-hybridized carbons (Fsp3) is 0.320. The van der Waals surface area contributed by atoms with Crippen molar-refractivity contribution in [3.63, 3.8) is 0 Å². The third kappa shape index (κ3) is 5.93. The maximum absolute atomic E-state index is 12.8. The molecule has 1 saturated heterocycles. The minimum Gasteiger partial charge on any atom is -0.394 e. The van der Waals surface area contributed by atoms with Crippen LogP contribution in [0, 0.1) is 6.92 Å². The summed E-state index contributed by atoms with van der Waals surface area (Å²) in [7, 11) is 0. The molecule has 36 heavy (non-hydrogen) atoms. The van der Waals surface area contributed by atoms with Crippen LogP contribution in [0.15, 0.2) is 42.6 Å². The van der Waals surface area contributed by atoms with Crippen LogP contribution in [0.5, 0.6) is 0 Å². The predicted molar refractivity (Wildman–Crippen MR) is 136 cm³/mol. The van der Waals surface area contributed by atoms with Crippen molar-refractivity contribution in [2.75, 3.05) is 48.4 Å². The van der Waals surface area contributed by atoms with E-state index in [1.165, 1.54) is 12.3 Å². The average molecular weight is 492 g/mol. The van der Waals surface area contributed by atoms with Crippen molar-refractivity contribution in [1.29, 1.82) is 0 Å². The van der Waals surface area contributed by atoms with Gasteiger partial charge in [0.25, 0.3) is 5.91 Å². The third-order valence-corrected chi connectivity index (χ3v) is 5.79. The van der Waals surface area contributed by atoms with Crippen molar-refractivity contribution >= 4 is 29.1 Å². The van der Waals surface area contributed by atoms with Gasteiger partial charge in [-0.1, -0.05) is 6.07 Å². The molecule has 2 aromatic heterocycles. The van der Waals surface area contributed by atoms with Crippen molar-refractivity contribution in [2.24, 2.45) is 5.73 Å². The summed E-state index contributed by atoms with van der Waals surface area (Å²) in [5, 5.41) is 23.1. The molecule has 1 aromatic carbocycles. The number of hydrogen-bond donors (Lipinski definition) is 4. The highest BCUT2D eigenvalue weighted by Crippen LogP contribution is 2.31. The number of morpholine rings is 1. The first-order valence-corrected chi connectivity index (χ1v) is 11.6. The quantitative estimate of drug-likeness (QED) is 0.369. The molecular formula is C25H29N7O4. The van der Waals surface area contributed by atoms with E-state index in [1.54, 1.807) is 6.07 Å². The van der Waals surface area contributed by atoms with E-state index in [0.717, 1.165) is 35.6 Å². The van der Waals surface area contributed by atoms with Gasteiger partial charge in [0.15, 0.2) is 5.69 Å². The van der Waals surface area contributed by atoms with Crippen molar-refractivity contribution in [3.8, 4) is 11.1 Å². The summed E-state index contributed by atoms with van der Waals surface area (Å²) in [5.74, 6) is 0.243. The molecule has 0 saturated carbocycles. The van der Waals surface area contributed by atoms with Crippen molar-refractivity contribution in [1.82, 2.24) is 15.2 Å². The molecule has 1 aliphatic heterocycles. The number of amides is 2. The zero-order valence-corrected chi connectivity index (χ0v) is 20.2. The first-order valence-electron chi connectivity index (χ1n) is 11.6. The highest BCUT2D eigenvalue weighted by Gasteiger charge is 2.17. The second kappa shape index (κ2) is 11.1. The van der Waals surface area contributed by atoms with Crippen LogP contribution < -0.4 is 21.3 Å². The number of ether oxygens (including phenoxy) is 1. The minimum atomic E-state index is -0.690. The molecule has 3 heterocycles. The summed E-state index contributed by atoms with van der Waals surface area (Å²) in [6, 6.07) is 10.6. The second-order valence-corrected chi connectivity index (χ2v) is 8.60. The van der Waals surface area contributed by atoms with Gasteiger partial charge in [0.2, 0.25) is 5.91 Å². The second-order valence-electron chi connectivity index (χ2n) is 8.60. The number of aromatic nitrogens is 3. The lowest BCUT2D eigenvalue weighted by molar-refractivity contribution is 0.0999. The van der Waals surface area contributed by atoms with Gasteiger partial charge in [-0.25, -0.2) is 4.98 Å². The van der Waals surface area contributed by atoms with Gasteiger partial charge in [-0.15, -0.1) is 5.10 Å². The third-order valence-electron chi connectivity index (χ3n) is 5.79. The van der Waals surface area contributed by atoms with Crippen LogP contribution in [0.25, 0.3) is 11.1 Å². The number of aliphatic hydroxyl groups is 1. The maximum atomic E-state index is 12.8. The van der Waals surface area contributed by atoms with Crippen molar-refractivity contribution in [2.45, 2.75) is 19.9 Å². The summed E-state index contributed by atoms with van der Waals surface area (Å²) in [6.07, 6.45) is 1.21. The zero-order chi connectivity index (χ0) is 25.7. The van der Waals surface area contributed by atoms with E-state index in [4.69, 9.17) is 15.5 Å². The number of primary amides is 1. The number of nitrogens with one attached hydrogen (secondary N) is 2. The van der Waals surface area contributed by atoms with Gasteiger partial charge in [-0.2, -0.15) is 5.10 Å². The topological polar surface area (TPSA) is 156 Å². The Kier molecular flexibility index (Phi) is 7.71. The van der Waals surface area contributed by atoms with Crippen LogP contribution >= 0.6 is 0 Å². The van der Waals surface area contributed by atoms with Crippen molar-refractivity contribution in [3.05, 3.63) is 59.4 Å². The zero-order valence-electron chi connectivity index (χ0n) is 20.2. The summed E-state index contributed by atoms with van der Waals surface area (Å²) >= 11 is 0. The Balaban J connectivity index is 1.66. The van der Waals surface area contributed by atoms with E-state index >= 15 is 0 Å². The Labute approximate surface area is 208 Å². The molecule has 1 atom stereocenters. The molecule has 0 spiro atoms. The Hall–Kier alpha value is -4.09. The summed E-state index contributed by atoms with van der Waals surface area (Å²) < 4.78 is 5.48. The molecule has 0 unspecified atom stereocenters. The van der Waals surface area contributed by atoms with Crippen molar-refractivity contribution < 1.29 is 19.4 Å². The first-order chi connectivity index (χ1) is 17.3. The van der Waals surface area contributed by atoms with Crippen LogP contribution in [0.1, 0.15) is 33.3 Å². The van der Waals surface area contributed by atoms with Crippen LogP contribution in [0.4, 0.5) is 17.3 Å². The molecule has 5 N–H and O–H groups in total. The van der Waals surface area contributed by atoms with Gasteiger partial charge in [0.05, 0.1) is 31.6 Å². The number of nitrogens with two attached hydrogens (primary N) is 1. The lowest BCUT2D eigenvalue weighted by Crippen LogP contribution is -2.37. The van der Waals surface area contributed by atoms with Gasteiger partial charge >= 0.3 is 0 Å². The summed E-state index contributed by atoms with van der Waals surface area (Å²) in [4.78, 5) is 31.1. The van der Waals surface area contributed by atoms with Gasteiger partial charge in [0, 0.05) is 24.8 Å². The number of anilines is 3. The number of carbonyl (C=O) groups is 2. The van der Waals surface area contributed by atoms with Crippen LogP contribution in [-0.2, 0) is 4.74 Å². The fourth-order valence-corrected chi connectivity index (χ4v) is 3.82. The number of pyridine rings is 1. The Morgan fingerprint density at radius 1 is 1.19 bits per heavy atom. The van der Waals surface area contributed by atoms with E-state index in [1.807, 2.05) is 38.1 Å². The van der Waals surface area contributed by atoms with Crippen LogP contribution in [0.2, 0.25) is 0 Å². The number of benzene rings is 1. The Morgan fingerprint density at radius 2 is 1.97 bits per heavy atom. The van der Waals surface area contributed by atoms with Crippen LogP contribution in [0.3, 0.4) is 0 Å². The highest BCUT2D eigenvalue weighted by molar-refractivity contribution is 6.04. The predicted octanol–water partition coefficient (Wildman–Crippen LogP) is 1.83. The molecule has 11 nitrogen and oxygen atoms in total. The standard InChI is InChI=1S/C25H29N7O4/c1-15-3-4-19(29-25(35)21-9-18(24(26)34)13-27-31-21)12-20(15)17-10-22(28-16(2)14-33)30-23(11-17)32-5-7-36-8-6-32/h3-4,9-13,16,33H,5-8,14H2,1-2H3,(H2,26,34)(H,28,30)(H,29,35)/t16-/m1/s1. The SMILES string of the molecule is Cc1ccc(NC(=O)c2cc(C(N)=O)cnn2)cc1-c1cc(N[C@H](C)CO)nc(N2CCOCC2)c1. The molecule has 3 aromatic rings. The van der Waals surface area contributed by atoms with Gasteiger partial charge < -0.3 is 31.1 Å². The first kappa shape index (κ1) is 25.0. The van der Waals surface area contributed by atoms with Gasteiger partial charge in [-0.3, -0.25) is 9.59 Å². The lowest BCUT2D eigenvalue weighted by Gasteiger charge is -2.29. The number of carbonyl (C=O) groups excluding carboxylic acids is 2. The molecular weight excluding hydrogens is 462 g/mol. The molecule has 0 aliphatic carbocycles. The molecule has 4 rings (SSSR count). The number of aryl methyl sites for hydroxylation is 1. The lowest BCUT2D eigenvalue weighted by atomic mass is 10.00. The number of aliphatic hydroxyl groups excluding tert-OH is 1. The number of rotatable bonds is 8. The maximum Gasteiger partial charge on any atom is 0.276 e.